The lowest BCUT2D eigenvalue weighted by Gasteiger charge is -2.11. The van der Waals surface area contributed by atoms with Crippen LogP contribution in [0.2, 0.25) is 5.02 Å². The summed E-state index contributed by atoms with van der Waals surface area (Å²) in [5.74, 6) is -0.499. The SMILES string of the molecule is O=C(CSc1nc(-c2ccc(Cl)cc2)cc(C(F)(F)F)n1)Nc1ccccc1. The molecule has 1 amide bonds. The second-order valence-electron chi connectivity index (χ2n) is 5.63. The van der Waals surface area contributed by atoms with Gasteiger partial charge in [0, 0.05) is 16.3 Å². The average Bonchev–Trinajstić information content (AvgIpc) is 2.67. The Labute approximate surface area is 168 Å². The van der Waals surface area contributed by atoms with Gasteiger partial charge in [-0.3, -0.25) is 4.79 Å². The highest BCUT2D eigenvalue weighted by Crippen LogP contribution is 2.32. The maximum absolute atomic E-state index is 13.2. The zero-order valence-electron chi connectivity index (χ0n) is 14.2. The van der Waals surface area contributed by atoms with Gasteiger partial charge in [0.15, 0.2) is 5.16 Å². The number of carbonyl (C=O) groups excluding carboxylic acids is 1. The van der Waals surface area contributed by atoms with Gasteiger partial charge in [-0.25, -0.2) is 9.97 Å². The molecule has 1 heterocycles. The molecule has 0 spiro atoms. The van der Waals surface area contributed by atoms with E-state index in [-0.39, 0.29) is 22.5 Å². The minimum atomic E-state index is -4.63. The predicted molar refractivity (Wildman–Crippen MR) is 103 cm³/mol. The van der Waals surface area contributed by atoms with Gasteiger partial charge in [0.1, 0.15) is 5.69 Å². The normalized spacial score (nSPS) is 11.3. The molecule has 0 bridgehead atoms. The molecule has 3 rings (SSSR count). The molecule has 2 aromatic carbocycles. The van der Waals surface area contributed by atoms with Crippen molar-refractivity contribution in [2.45, 2.75) is 11.3 Å². The van der Waals surface area contributed by atoms with Gasteiger partial charge < -0.3 is 5.32 Å². The molecule has 144 valence electrons. The largest absolute Gasteiger partial charge is 0.433 e. The molecule has 0 aliphatic heterocycles. The number of halogens is 4. The van der Waals surface area contributed by atoms with Gasteiger partial charge in [0.2, 0.25) is 5.91 Å². The van der Waals surface area contributed by atoms with Gasteiger partial charge in [-0.2, -0.15) is 13.2 Å². The number of nitrogens with one attached hydrogen (secondary N) is 1. The first kappa shape index (κ1) is 20.2. The maximum atomic E-state index is 13.2. The van der Waals surface area contributed by atoms with E-state index in [2.05, 4.69) is 15.3 Å². The number of anilines is 1. The van der Waals surface area contributed by atoms with Gasteiger partial charge in [0.25, 0.3) is 0 Å². The standard InChI is InChI=1S/C19H13ClF3N3OS/c20-13-8-6-12(7-9-13)15-10-16(19(21,22)23)26-18(25-15)28-11-17(27)24-14-4-2-1-3-5-14/h1-10H,11H2,(H,24,27). The Morgan fingerprint density at radius 1 is 1.04 bits per heavy atom. The third kappa shape index (κ3) is 5.46. The van der Waals surface area contributed by atoms with Crippen LogP contribution in [0, 0.1) is 0 Å². The number of amides is 1. The van der Waals surface area contributed by atoms with Crippen molar-refractivity contribution >= 4 is 35.0 Å². The van der Waals surface area contributed by atoms with Crippen LogP contribution >= 0.6 is 23.4 Å². The van der Waals surface area contributed by atoms with Gasteiger partial charge in [-0.15, -0.1) is 0 Å². The molecule has 0 aliphatic carbocycles. The van der Waals surface area contributed by atoms with Crippen LogP contribution in [-0.4, -0.2) is 21.6 Å². The Kier molecular flexibility index (Phi) is 6.21. The number of carbonyl (C=O) groups is 1. The van der Waals surface area contributed by atoms with Crippen molar-refractivity contribution in [3.63, 3.8) is 0 Å². The van der Waals surface area contributed by atoms with Crippen LogP contribution in [0.25, 0.3) is 11.3 Å². The lowest BCUT2D eigenvalue weighted by atomic mass is 10.1. The average molecular weight is 424 g/mol. The first-order valence-electron chi connectivity index (χ1n) is 8.01. The lowest BCUT2D eigenvalue weighted by Crippen LogP contribution is -2.15. The summed E-state index contributed by atoms with van der Waals surface area (Å²) < 4.78 is 39.6. The summed E-state index contributed by atoms with van der Waals surface area (Å²) >= 11 is 6.65. The minimum absolute atomic E-state index is 0.102. The molecule has 0 radical (unpaired) electrons. The van der Waals surface area contributed by atoms with E-state index < -0.39 is 11.9 Å². The molecule has 0 saturated carbocycles. The summed E-state index contributed by atoms with van der Waals surface area (Å²) in [6.45, 7) is 0. The van der Waals surface area contributed by atoms with Gasteiger partial charge >= 0.3 is 6.18 Å². The zero-order valence-corrected chi connectivity index (χ0v) is 15.8. The van der Waals surface area contributed by atoms with Gasteiger partial charge in [-0.1, -0.05) is 53.7 Å². The summed E-state index contributed by atoms with van der Waals surface area (Å²) in [7, 11) is 0. The highest BCUT2D eigenvalue weighted by Gasteiger charge is 2.34. The Morgan fingerprint density at radius 2 is 1.71 bits per heavy atom. The molecule has 4 nitrogen and oxygen atoms in total. The first-order valence-corrected chi connectivity index (χ1v) is 9.37. The van der Waals surface area contributed by atoms with Crippen molar-refractivity contribution in [2.75, 3.05) is 11.1 Å². The van der Waals surface area contributed by atoms with Gasteiger partial charge in [-0.05, 0) is 30.3 Å². The van der Waals surface area contributed by atoms with Crippen molar-refractivity contribution in [3.05, 3.63) is 71.4 Å². The summed E-state index contributed by atoms with van der Waals surface area (Å²) in [6.07, 6.45) is -4.63. The van der Waals surface area contributed by atoms with Crippen molar-refractivity contribution in [2.24, 2.45) is 0 Å². The third-order valence-corrected chi connectivity index (χ3v) is 4.63. The second kappa shape index (κ2) is 8.62. The van der Waals surface area contributed by atoms with Crippen LogP contribution in [0.3, 0.4) is 0 Å². The van der Waals surface area contributed by atoms with Crippen LogP contribution in [0.1, 0.15) is 5.69 Å². The van der Waals surface area contributed by atoms with Crippen LogP contribution in [0.4, 0.5) is 18.9 Å². The molecule has 0 saturated heterocycles. The van der Waals surface area contributed by atoms with E-state index in [9.17, 15) is 18.0 Å². The molecule has 1 aromatic heterocycles. The quantitative estimate of drug-likeness (QED) is 0.432. The Hall–Kier alpha value is -2.58. The third-order valence-electron chi connectivity index (χ3n) is 3.53. The molecule has 0 fully saturated rings. The number of para-hydroxylation sites is 1. The van der Waals surface area contributed by atoms with Crippen molar-refractivity contribution in [1.29, 1.82) is 0 Å². The van der Waals surface area contributed by atoms with Crippen LogP contribution in [-0.2, 0) is 11.0 Å². The van der Waals surface area contributed by atoms with Crippen molar-refractivity contribution in [1.82, 2.24) is 9.97 Å². The predicted octanol–water partition coefficient (Wildman–Crippen LogP) is 5.55. The molecular weight excluding hydrogens is 411 g/mol. The van der Waals surface area contributed by atoms with E-state index in [0.717, 1.165) is 17.8 Å². The maximum Gasteiger partial charge on any atom is 0.433 e. The summed E-state index contributed by atoms with van der Waals surface area (Å²) in [5.41, 5.74) is 0.0937. The lowest BCUT2D eigenvalue weighted by molar-refractivity contribution is -0.141. The van der Waals surface area contributed by atoms with Crippen molar-refractivity contribution < 1.29 is 18.0 Å². The molecule has 0 aliphatic rings. The number of hydrogen-bond donors (Lipinski definition) is 1. The fourth-order valence-electron chi connectivity index (χ4n) is 2.25. The van der Waals surface area contributed by atoms with E-state index >= 15 is 0 Å². The molecule has 9 heteroatoms. The monoisotopic (exact) mass is 423 g/mol. The summed E-state index contributed by atoms with van der Waals surface area (Å²) in [6, 6.07) is 15.9. The fourth-order valence-corrected chi connectivity index (χ4v) is 3.04. The number of nitrogens with zero attached hydrogens (tertiary/aromatic N) is 2. The van der Waals surface area contributed by atoms with Crippen LogP contribution in [0.5, 0.6) is 0 Å². The summed E-state index contributed by atoms with van der Waals surface area (Å²) in [5, 5.41) is 2.98. The molecular formula is C19H13ClF3N3OS. The number of rotatable bonds is 5. The molecule has 0 atom stereocenters. The van der Waals surface area contributed by atoms with E-state index in [1.807, 2.05) is 0 Å². The first-order chi connectivity index (χ1) is 13.3. The van der Waals surface area contributed by atoms with Crippen LogP contribution < -0.4 is 5.32 Å². The van der Waals surface area contributed by atoms with E-state index in [0.29, 0.717) is 16.3 Å². The minimum Gasteiger partial charge on any atom is -0.325 e. The number of hydrogen-bond acceptors (Lipinski definition) is 4. The number of aromatic nitrogens is 2. The highest BCUT2D eigenvalue weighted by atomic mass is 35.5. The van der Waals surface area contributed by atoms with Crippen LogP contribution in [0.15, 0.2) is 65.8 Å². The number of benzene rings is 2. The van der Waals surface area contributed by atoms with E-state index in [1.165, 1.54) is 0 Å². The Morgan fingerprint density at radius 3 is 2.36 bits per heavy atom. The number of thioether (sulfide) groups is 1. The molecule has 1 N–H and O–H groups in total. The summed E-state index contributed by atoms with van der Waals surface area (Å²) in [4.78, 5) is 19.7. The molecule has 28 heavy (non-hydrogen) atoms. The highest BCUT2D eigenvalue weighted by molar-refractivity contribution is 7.99. The molecule has 0 unspecified atom stereocenters. The smallest absolute Gasteiger partial charge is 0.325 e. The molecule has 3 aromatic rings. The van der Waals surface area contributed by atoms with E-state index in [4.69, 9.17) is 11.6 Å². The zero-order chi connectivity index (χ0) is 20.1. The van der Waals surface area contributed by atoms with E-state index in [1.54, 1.807) is 54.6 Å². The van der Waals surface area contributed by atoms with Crippen molar-refractivity contribution in [3.8, 4) is 11.3 Å². The topological polar surface area (TPSA) is 54.9 Å². The Bertz CT molecular complexity index is 966. The van der Waals surface area contributed by atoms with Gasteiger partial charge in [0.05, 0.1) is 11.4 Å². The fraction of sp³-hybridized carbons (Fsp3) is 0.105. The number of alkyl halides is 3. The Balaban J connectivity index is 1.80. The second-order valence-corrected chi connectivity index (χ2v) is 7.01.